The highest BCUT2D eigenvalue weighted by Crippen LogP contribution is 2.24. The fourth-order valence-corrected chi connectivity index (χ4v) is 4.22. The van der Waals surface area contributed by atoms with Gasteiger partial charge in [-0.1, -0.05) is 12.1 Å². The van der Waals surface area contributed by atoms with Crippen molar-refractivity contribution in [3.63, 3.8) is 0 Å². The molecule has 1 aromatic rings. The average molecular weight is 435 g/mol. The lowest BCUT2D eigenvalue weighted by molar-refractivity contribution is -0.149. The number of rotatable bonds is 7. The number of halogens is 1. The van der Waals surface area contributed by atoms with E-state index in [-0.39, 0.29) is 23.7 Å². The number of likely N-dealkylation sites (tertiary alicyclic amines) is 1. The quantitative estimate of drug-likeness (QED) is 0.404. The maximum atomic E-state index is 13.9. The Morgan fingerprint density at radius 2 is 2.00 bits per heavy atom. The molecule has 1 unspecified atom stereocenters. The molecule has 0 saturated carbocycles. The number of ether oxygens (including phenoxy) is 2. The number of nitrogens with one attached hydrogen (secondary N) is 1. The second-order valence-electron chi connectivity index (χ2n) is 7.93. The van der Waals surface area contributed by atoms with Crippen LogP contribution in [0.2, 0.25) is 0 Å². The molecule has 8 heteroatoms. The van der Waals surface area contributed by atoms with Gasteiger partial charge in [0.15, 0.2) is 5.96 Å². The van der Waals surface area contributed by atoms with E-state index in [1.165, 1.54) is 6.07 Å². The number of hydrogen-bond donors (Lipinski definition) is 1. The van der Waals surface area contributed by atoms with Crippen LogP contribution in [0.25, 0.3) is 0 Å². The van der Waals surface area contributed by atoms with Crippen LogP contribution in [0.15, 0.2) is 29.3 Å². The van der Waals surface area contributed by atoms with Gasteiger partial charge in [-0.25, -0.2) is 4.39 Å². The number of morpholine rings is 1. The highest BCUT2D eigenvalue weighted by Gasteiger charge is 2.28. The summed E-state index contributed by atoms with van der Waals surface area (Å²) in [4.78, 5) is 21.5. The number of carbonyl (C=O) groups is 1. The summed E-state index contributed by atoms with van der Waals surface area (Å²) in [5.41, 5.74) is 0.933. The zero-order chi connectivity index (χ0) is 22.1. The SMILES string of the molecule is CCNC(=NCC(c1cccc(F)c1)N1CCOCC1)N1CCC(C(=O)OCC)CC1. The number of piperidine rings is 1. The number of nitrogens with zero attached hydrogens (tertiary/aromatic N) is 3. The molecule has 0 amide bonds. The Hall–Kier alpha value is -2.19. The minimum atomic E-state index is -0.229. The summed E-state index contributed by atoms with van der Waals surface area (Å²) >= 11 is 0. The Morgan fingerprint density at radius 3 is 2.65 bits per heavy atom. The Labute approximate surface area is 184 Å². The van der Waals surface area contributed by atoms with Crippen LogP contribution in [-0.4, -0.2) is 80.8 Å². The minimum absolute atomic E-state index is 0.00896. The van der Waals surface area contributed by atoms with Crippen molar-refractivity contribution in [3.05, 3.63) is 35.6 Å². The van der Waals surface area contributed by atoms with Crippen molar-refractivity contribution in [2.75, 3.05) is 59.1 Å². The van der Waals surface area contributed by atoms with Crippen LogP contribution in [0.4, 0.5) is 4.39 Å². The minimum Gasteiger partial charge on any atom is -0.466 e. The number of carbonyl (C=O) groups excluding carboxylic acids is 1. The summed E-state index contributed by atoms with van der Waals surface area (Å²) in [5, 5.41) is 3.39. The van der Waals surface area contributed by atoms with E-state index in [2.05, 4.69) is 15.1 Å². The molecule has 0 aromatic heterocycles. The maximum absolute atomic E-state index is 13.9. The summed E-state index contributed by atoms with van der Waals surface area (Å²) < 4.78 is 24.6. The molecule has 0 bridgehead atoms. The van der Waals surface area contributed by atoms with E-state index in [0.29, 0.717) is 26.4 Å². The van der Waals surface area contributed by atoms with Crippen molar-refractivity contribution in [1.82, 2.24) is 15.1 Å². The second kappa shape index (κ2) is 12.0. The van der Waals surface area contributed by atoms with Gasteiger partial charge in [-0.2, -0.15) is 0 Å². The van der Waals surface area contributed by atoms with Gasteiger partial charge < -0.3 is 19.7 Å². The summed E-state index contributed by atoms with van der Waals surface area (Å²) in [6.07, 6.45) is 1.53. The van der Waals surface area contributed by atoms with Crippen LogP contribution in [0, 0.1) is 11.7 Å². The van der Waals surface area contributed by atoms with Gasteiger partial charge in [0.05, 0.1) is 38.3 Å². The second-order valence-corrected chi connectivity index (χ2v) is 7.93. The lowest BCUT2D eigenvalue weighted by Crippen LogP contribution is -2.47. The molecule has 172 valence electrons. The van der Waals surface area contributed by atoms with Crippen LogP contribution in [-0.2, 0) is 14.3 Å². The van der Waals surface area contributed by atoms with Gasteiger partial charge in [-0.3, -0.25) is 14.7 Å². The van der Waals surface area contributed by atoms with Gasteiger partial charge in [0.2, 0.25) is 0 Å². The number of guanidine groups is 1. The van der Waals surface area contributed by atoms with E-state index in [1.807, 2.05) is 19.9 Å². The molecule has 1 aromatic carbocycles. The smallest absolute Gasteiger partial charge is 0.309 e. The standard InChI is InChI=1S/C23H35FN4O3/c1-3-25-23(28-10-8-18(9-11-28)22(29)31-4-2)26-17-21(27-12-14-30-15-13-27)19-6-5-7-20(24)16-19/h5-7,16,18,21H,3-4,8-15,17H2,1-2H3,(H,25,26). The Morgan fingerprint density at radius 1 is 1.26 bits per heavy atom. The summed E-state index contributed by atoms with van der Waals surface area (Å²) in [5.74, 6) is 0.488. The van der Waals surface area contributed by atoms with Crippen molar-refractivity contribution in [2.45, 2.75) is 32.7 Å². The zero-order valence-electron chi connectivity index (χ0n) is 18.7. The molecule has 0 spiro atoms. The largest absolute Gasteiger partial charge is 0.466 e. The first-order valence-corrected chi connectivity index (χ1v) is 11.4. The third kappa shape index (κ3) is 6.64. The fourth-order valence-electron chi connectivity index (χ4n) is 4.22. The van der Waals surface area contributed by atoms with Crippen molar-refractivity contribution >= 4 is 11.9 Å². The van der Waals surface area contributed by atoms with Gasteiger partial charge in [-0.15, -0.1) is 0 Å². The molecule has 2 heterocycles. The van der Waals surface area contributed by atoms with Gasteiger partial charge in [0, 0.05) is 32.7 Å². The molecular weight excluding hydrogens is 399 g/mol. The molecule has 2 aliphatic rings. The van der Waals surface area contributed by atoms with E-state index in [0.717, 1.165) is 57.1 Å². The van der Waals surface area contributed by atoms with Crippen molar-refractivity contribution in [1.29, 1.82) is 0 Å². The van der Waals surface area contributed by atoms with Gasteiger partial charge in [0.1, 0.15) is 5.82 Å². The van der Waals surface area contributed by atoms with E-state index < -0.39 is 0 Å². The van der Waals surface area contributed by atoms with E-state index in [1.54, 1.807) is 12.1 Å². The summed E-state index contributed by atoms with van der Waals surface area (Å²) in [6, 6.07) is 6.79. The molecule has 7 nitrogen and oxygen atoms in total. The van der Waals surface area contributed by atoms with Crippen LogP contribution < -0.4 is 5.32 Å². The van der Waals surface area contributed by atoms with Crippen molar-refractivity contribution in [3.8, 4) is 0 Å². The summed E-state index contributed by atoms with van der Waals surface area (Å²) in [6.45, 7) is 10.1. The number of hydrogen-bond acceptors (Lipinski definition) is 5. The molecule has 1 atom stereocenters. The molecule has 0 radical (unpaired) electrons. The first-order chi connectivity index (χ1) is 15.1. The molecule has 2 fully saturated rings. The van der Waals surface area contributed by atoms with E-state index in [9.17, 15) is 9.18 Å². The van der Waals surface area contributed by atoms with Gasteiger partial charge >= 0.3 is 5.97 Å². The molecule has 2 saturated heterocycles. The maximum Gasteiger partial charge on any atom is 0.309 e. The van der Waals surface area contributed by atoms with Crippen molar-refractivity contribution in [2.24, 2.45) is 10.9 Å². The monoisotopic (exact) mass is 434 g/mol. The Balaban J connectivity index is 1.71. The summed E-state index contributed by atoms with van der Waals surface area (Å²) in [7, 11) is 0. The number of esters is 1. The first kappa shape index (κ1) is 23.5. The molecular formula is C23H35FN4O3. The molecule has 3 rings (SSSR count). The van der Waals surface area contributed by atoms with E-state index in [4.69, 9.17) is 14.5 Å². The fraction of sp³-hybridized carbons (Fsp3) is 0.652. The average Bonchev–Trinajstić information content (AvgIpc) is 2.79. The normalized spacial score (nSPS) is 19.8. The number of benzene rings is 1. The third-order valence-electron chi connectivity index (χ3n) is 5.88. The predicted octanol–water partition coefficient (Wildman–Crippen LogP) is 2.44. The highest BCUT2D eigenvalue weighted by atomic mass is 19.1. The Kier molecular flexibility index (Phi) is 9.09. The lowest BCUT2D eigenvalue weighted by Gasteiger charge is -2.36. The third-order valence-corrected chi connectivity index (χ3v) is 5.88. The van der Waals surface area contributed by atoms with Crippen LogP contribution in [0.5, 0.6) is 0 Å². The number of aliphatic imine (C=N–C) groups is 1. The lowest BCUT2D eigenvalue weighted by atomic mass is 9.97. The van der Waals surface area contributed by atoms with Crippen LogP contribution in [0.3, 0.4) is 0 Å². The molecule has 31 heavy (non-hydrogen) atoms. The molecule has 2 aliphatic heterocycles. The first-order valence-electron chi connectivity index (χ1n) is 11.4. The Bertz CT molecular complexity index is 731. The zero-order valence-corrected chi connectivity index (χ0v) is 18.7. The van der Waals surface area contributed by atoms with Gasteiger partial charge in [0.25, 0.3) is 0 Å². The molecule has 0 aliphatic carbocycles. The highest BCUT2D eigenvalue weighted by molar-refractivity contribution is 5.80. The van der Waals surface area contributed by atoms with Gasteiger partial charge in [-0.05, 0) is 44.4 Å². The van der Waals surface area contributed by atoms with Crippen molar-refractivity contribution < 1.29 is 18.7 Å². The van der Waals surface area contributed by atoms with E-state index >= 15 is 0 Å². The topological polar surface area (TPSA) is 66.4 Å². The van der Waals surface area contributed by atoms with Crippen LogP contribution >= 0.6 is 0 Å². The predicted molar refractivity (Wildman–Crippen MR) is 118 cm³/mol. The van der Waals surface area contributed by atoms with Crippen LogP contribution in [0.1, 0.15) is 38.3 Å². The molecule has 1 N–H and O–H groups in total.